The third-order valence-corrected chi connectivity index (χ3v) is 5.26. The van der Waals surface area contributed by atoms with Crippen molar-refractivity contribution >= 4 is 5.91 Å². The van der Waals surface area contributed by atoms with E-state index >= 15 is 0 Å². The molecule has 2 aromatic carbocycles. The lowest BCUT2D eigenvalue weighted by Crippen LogP contribution is -2.30. The molecule has 1 atom stereocenters. The maximum Gasteiger partial charge on any atom is 0.254 e. The molecule has 0 N–H and O–H groups in total. The Morgan fingerprint density at radius 3 is 2.87 bits per heavy atom. The van der Waals surface area contributed by atoms with Crippen molar-refractivity contribution in [2.75, 3.05) is 20.3 Å². The molecule has 3 aromatic rings. The van der Waals surface area contributed by atoms with Crippen molar-refractivity contribution < 1.29 is 23.2 Å². The van der Waals surface area contributed by atoms with E-state index in [4.69, 9.17) is 14.0 Å². The van der Waals surface area contributed by atoms with Crippen molar-refractivity contribution in [3.05, 3.63) is 77.2 Å². The van der Waals surface area contributed by atoms with E-state index in [1.807, 2.05) is 30.3 Å². The molecular formula is C23H24FN3O4. The fourth-order valence-electron chi connectivity index (χ4n) is 3.66. The van der Waals surface area contributed by atoms with Crippen LogP contribution in [0.4, 0.5) is 4.39 Å². The number of aromatic nitrogens is 2. The minimum Gasteiger partial charge on any atom is -0.494 e. The number of carbonyl (C=O) groups is 1. The quantitative estimate of drug-likeness (QED) is 0.509. The van der Waals surface area contributed by atoms with Crippen LogP contribution >= 0.6 is 0 Å². The van der Waals surface area contributed by atoms with Crippen LogP contribution in [-0.4, -0.2) is 41.2 Å². The van der Waals surface area contributed by atoms with Gasteiger partial charge in [-0.05, 0) is 36.6 Å². The SMILES string of the molecule is COc1ccc(C(=O)N2CCCC2c2nc(CCOCc3ccccc3)no2)cc1F. The van der Waals surface area contributed by atoms with Gasteiger partial charge >= 0.3 is 0 Å². The van der Waals surface area contributed by atoms with E-state index in [0.717, 1.165) is 18.4 Å². The second-order valence-corrected chi connectivity index (χ2v) is 7.34. The number of amides is 1. The van der Waals surface area contributed by atoms with Crippen molar-refractivity contribution in [1.29, 1.82) is 0 Å². The largest absolute Gasteiger partial charge is 0.494 e. The lowest BCUT2D eigenvalue weighted by atomic mass is 10.1. The molecule has 1 saturated heterocycles. The van der Waals surface area contributed by atoms with Crippen LogP contribution < -0.4 is 4.74 Å². The minimum absolute atomic E-state index is 0.102. The molecule has 162 valence electrons. The number of hydrogen-bond acceptors (Lipinski definition) is 6. The highest BCUT2D eigenvalue weighted by Crippen LogP contribution is 2.32. The van der Waals surface area contributed by atoms with Gasteiger partial charge in [0.15, 0.2) is 17.4 Å². The standard InChI is InChI=1S/C23H24FN3O4/c1-29-20-10-9-17(14-18(20)24)23(28)27-12-5-8-19(27)22-25-21(26-31-22)11-13-30-15-16-6-3-2-4-7-16/h2-4,6-7,9-10,14,19H,5,8,11-13,15H2,1H3. The summed E-state index contributed by atoms with van der Waals surface area (Å²) in [6.07, 6.45) is 2.05. The van der Waals surface area contributed by atoms with Crippen molar-refractivity contribution in [2.24, 2.45) is 0 Å². The average molecular weight is 425 g/mol. The lowest BCUT2D eigenvalue weighted by Gasteiger charge is -2.22. The van der Waals surface area contributed by atoms with Crippen LogP contribution in [0.1, 0.15) is 46.5 Å². The Balaban J connectivity index is 1.36. The predicted octanol–water partition coefficient (Wildman–Crippen LogP) is 3.95. The van der Waals surface area contributed by atoms with Crippen LogP contribution in [0.25, 0.3) is 0 Å². The van der Waals surface area contributed by atoms with Gasteiger partial charge in [-0.15, -0.1) is 0 Å². The zero-order valence-electron chi connectivity index (χ0n) is 17.3. The van der Waals surface area contributed by atoms with E-state index in [2.05, 4.69) is 10.1 Å². The van der Waals surface area contributed by atoms with Gasteiger partial charge in [0.05, 0.1) is 20.3 Å². The van der Waals surface area contributed by atoms with Gasteiger partial charge in [0.2, 0.25) is 5.89 Å². The summed E-state index contributed by atoms with van der Waals surface area (Å²) < 4.78 is 30.1. The zero-order chi connectivity index (χ0) is 21.6. The first-order chi connectivity index (χ1) is 15.2. The van der Waals surface area contributed by atoms with Crippen LogP contribution in [0.3, 0.4) is 0 Å². The Kier molecular flexibility index (Phi) is 6.57. The first kappa shape index (κ1) is 21.0. The Labute approximate surface area is 179 Å². The maximum atomic E-state index is 14.0. The Morgan fingerprint density at radius 2 is 2.10 bits per heavy atom. The first-order valence-electron chi connectivity index (χ1n) is 10.2. The summed E-state index contributed by atoms with van der Waals surface area (Å²) in [6, 6.07) is 13.8. The molecule has 7 nitrogen and oxygen atoms in total. The third kappa shape index (κ3) is 4.91. The molecule has 0 bridgehead atoms. The Bertz CT molecular complexity index is 1020. The number of hydrogen-bond donors (Lipinski definition) is 0. The van der Waals surface area contributed by atoms with Crippen molar-refractivity contribution in [1.82, 2.24) is 15.0 Å². The summed E-state index contributed by atoms with van der Waals surface area (Å²) in [4.78, 5) is 19.1. The molecule has 4 rings (SSSR count). The van der Waals surface area contributed by atoms with E-state index < -0.39 is 5.82 Å². The molecule has 2 heterocycles. The fourth-order valence-corrected chi connectivity index (χ4v) is 3.66. The number of methoxy groups -OCH3 is 1. The number of benzene rings is 2. The lowest BCUT2D eigenvalue weighted by molar-refractivity contribution is 0.0709. The summed E-state index contributed by atoms with van der Waals surface area (Å²) in [5.41, 5.74) is 1.37. The van der Waals surface area contributed by atoms with E-state index in [-0.39, 0.29) is 23.3 Å². The number of carbonyl (C=O) groups excluding carboxylic acids is 1. The van der Waals surface area contributed by atoms with E-state index in [1.54, 1.807) is 11.0 Å². The highest BCUT2D eigenvalue weighted by atomic mass is 19.1. The second kappa shape index (κ2) is 9.70. The topological polar surface area (TPSA) is 77.7 Å². The van der Waals surface area contributed by atoms with Gasteiger partial charge in [-0.25, -0.2) is 4.39 Å². The predicted molar refractivity (Wildman–Crippen MR) is 110 cm³/mol. The van der Waals surface area contributed by atoms with E-state index in [0.29, 0.717) is 37.9 Å². The Morgan fingerprint density at radius 1 is 1.26 bits per heavy atom. The van der Waals surface area contributed by atoms with Gasteiger partial charge in [0, 0.05) is 18.5 Å². The molecule has 1 aromatic heterocycles. The smallest absolute Gasteiger partial charge is 0.254 e. The van der Waals surface area contributed by atoms with Crippen LogP contribution in [0, 0.1) is 5.82 Å². The maximum absolute atomic E-state index is 14.0. The van der Waals surface area contributed by atoms with Crippen LogP contribution in [-0.2, 0) is 17.8 Å². The normalized spacial score (nSPS) is 15.9. The van der Waals surface area contributed by atoms with Gasteiger partial charge in [-0.1, -0.05) is 35.5 Å². The molecule has 0 spiro atoms. The van der Waals surface area contributed by atoms with E-state index in [1.165, 1.54) is 19.2 Å². The molecule has 0 aliphatic carbocycles. The minimum atomic E-state index is -0.570. The molecule has 1 aliphatic heterocycles. The first-order valence-corrected chi connectivity index (χ1v) is 10.2. The summed E-state index contributed by atoms with van der Waals surface area (Å²) in [7, 11) is 1.39. The number of likely N-dealkylation sites (tertiary alicyclic amines) is 1. The molecule has 1 aliphatic rings. The van der Waals surface area contributed by atoms with Crippen LogP contribution in [0.15, 0.2) is 53.1 Å². The summed E-state index contributed by atoms with van der Waals surface area (Å²) >= 11 is 0. The number of halogens is 1. The summed E-state index contributed by atoms with van der Waals surface area (Å²) in [6.45, 7) is 1.54. The highest BCUT2D eigenvalue weighted by molar-refractivity contribution is 5.94. The molecule has 1 unspecified atom stereocenters. The number of rotatable bonds is 8. The fraction of sp³-hybridized carbons (Fsp3) is 0.348. The average Bonchev–Trinajstić information content (AvgIpc) is 3.46. The van der Waals surface area contributed by atoms with E-state index in [9.17, 15) is 9.18 Å². The molecule has 31 heavy (non-hydrogen) atoms. The molecule has 1 fully saturated rings. The molecular weight excluding hydrogens is 401 g/mol. The monoisotopic (exact) mass is 425 g/mol. The molecule has 1 amide bonds. The highest BCUT2D eigenvalue weighted by Gasteiger charge is 2.34. The summed E-state index contributed by atoms with van der Waals surface area (Å²) in [5.74, 6) is 0.205. The van der Waals surface area contributed by atoms with Crippen molar-refractivity contribution in [3.8, 4) is 5.75 Å². The van der Waals surface area contributed by atoms with Crippen LogP contribution in [0.5, 0.6) is 5.75 Å². The zero-order valence-corrected chi connectivity index (χ0v) is 17.3. The molecule has 0 saturated carbocycles. The second-order valence-electron chi connectivity index (χ2n) is 7.34. The number of ether oxygens (including phenoxy) is 2. The summed E-state index contributed by atoms with van der Waals surface area (Å²) in [5, 5.41) is 4.03. The van der Waals surface area contributed by atoms with Crippen LogP contribution in [0.2, 0.25) is 0 Å². The van der Waals surface area contributed by atoms with Crippen molar-refractivity contribution in [3.63, 3.8) is 0 Å². The van der Waals surface area contributed by atoms with Gasteiger partial charge in [0.25, 0.3) is 5.91 Å². The van der Waals surface area contributed by atoms with Gasteiger partial charge in [0.1, 0.15) is 6.04 Å². The van der Waals surface area contributed by atoms with Crippen molar-refractivity contribution in [2.45, 2.75) is 31.9 Å². The Hall–Kier alpha value is -3.26. The third-order valence-electron chi connectivity index (χ3n) is 5.26. The molecule has 8 heteroatoms. The number of nitrogens with zero attached hydrogens (tertiary/aromatic N) is 3. The van der Waals surface area contributed by atoms with Gasteiger partial charge in [-0.2, -0.15) is 4.98 Å². The van der Waals surface area contributed by atoms with Gasteiger partial charge < -0.3 is 18.9 Å². The molecule has 0 radical (unpaired) electrons. The van der Waals surface area contributed by atoms with Gasteiger partial charge in [-0.3, -0.25) is 4.79 Å².